The van der Waals surface area contributed by atoms with E-state index in [0.29, 0.717) is 22.0 Å². The van der Waals surface area contributed by atoms with Crippen molar-refractivity contribution in [3.05, 3.63) is 63.3 Å². The maximum Gasteiger partial charge on any atom is 0.234 e. The summed E-state index contributed by atoms with van der Waals surface area (Å²) in [5.41, 5.74) is 1.14. The van der Waals surface area contributed by atoms with Crippen molar-refractivity contribution in [1.29, 1.82) is 0 Å². The fourth-order valence-corrected chi connectivity index (χ4v) is 3.21. The maximum atomic E-state index is 13.6. The molecule has 2 rings (SSSR count). The van der Waals surface area contributed by atoms with Gasteiger partial charge in [-0.05, 0) is 40.2 Å². The Bertz CT molecular complexity index is 633. The molecule has 0 fully saturated rings. The number of hydrogen-bond donors (Lipinski definition) is 1. The molecule has 0 saturated heterocycles. The Morgan fingerprint density at radius 3 is 2.71 bits per heavy atom. The second-order valence-corrected chi connectivity index (χ2v) is 6.47. The van der Waals surface area contributed by atoms with Crippen LogP contribution in [0, 0.1) is 5.82 Å². The van der Waals surface area contributed by atoms with Gasteiger partial charge in [-0.1, -0.05) is 29.8 Å². The number of halogens is 3. The Kier molecular flexibility index (Phi) is 6.08. The van der Waals surface area contributed by atoms with Crippen molar-refractivity contribution < 1.29 is 9.18 Å². The zero-order valence-electron chi connectivity index (χ0n) is 10.9. The molecule has 0 bridgehead atoms. The van der Waals surface area contributed by atoms with E-state index in [0.717, 1.165) is 4.47 Å². The highest BCUT2D eigenvalue weighted by atomic mass is 79.9. The first kappa shape index (κ1) is 16.3. The van der Waals surface area contributed by atoms with Crippen molar-refractivity contribution in [2.45, 2.75) is 5.75 Å². The molecular weight excluding hydrogens is 377 g/mol. The number of thioether (sulfide) groups is 1. The molecule has 0 aliphatic carbocycles. The number of carbonyl (C=O) groups excluding carboxylic acids is 1. The van der Waals surface area contributed by atoms with Crippen LogP contribution in [0.5, 0.6) is 0 Å². The van der Waals surface area contributed by atoms with E-state index in [-0.39, 0.29) is 17.5 Å². The number of anilines is 1. The average molecular weight is 389 g/mol. The van der Waals surface area contributed by atoms with Gasteiger partial charge in [0.1, 0.15) is 5.82 Å². The molecule has 0 atom stereocenters. The van der Waals surface area contributed by atoms with Crippen LogP contribution in [0.3, 0.4) is 0 Å². The second-order valence-electron chi connectivity index (χ2n) is 4.22. The third-order valence-corrected chi connectivity index (χ3v) is 4.69. The van der Waals surface area contributed by atoms with E-state index in [9.17, 15) is 9.18 Å². The summed E-state index contributed by atoms with van der Waals surface area (Å²) in [5, 5.41) is 3.18. The molecule has 2 aromatic rings. The number of carbonyl (C=O) groups is 1. The third kappa shape index (κ3) is 4.73. The number of nitrogens with one attached hydrogen (secondary N) is 1. The smallest absolute Gasteiger partial charge is 0.234 e. The van der Waals surface area contributed by atoms with Crippen molar-refractivity contribution in [2.75, 3.05) is 11.1 Å². The first-order chi connectivity index (χ1) is 10.1. The minimum absolute atomic E-state index is 0.139. The molecule has 0 unspecified atom stereocenters. The van der Waals surface area contributed by atoms with E-state index in [2.05, 4.69) is 21.2 Å². The van der Waals surface area contributed by atoms with Crippen molar-refractivity contribution in [1.82, 2.24) is 0 Å². The number of benzene rings is 2. The predicted molar refractivity (Wildman–Crippen MR) is 90.3 cm³/mol. The number of rotatable bonds is 5. The molecule has 110 valence electrons. The van der Waals surface area contributed by atoms with E-state index >= 15 is 0 Å². The average Bonchev–Trinajstić information content (AvgIpc) is 2.45. The third-order valence-electron chi connectivity index (χ3n) is 2.69. The highest BCUT2D eigenvalue weighted by Crippen LogP contribution is 2.25. The Morgan fingerprint density at radius 2 is 2.00 bits per heavy atom. The van der Waals surface area contributed by atoms with Gasteiger partial charge >= 0.3 is 0 Å². The lowest BCUT2D eigenvalue weighted by atomic mass is 10.2. The predicted octanol–water partition coefficient (Wildman–Crippen LogP) is 5.11. The lowest BCUT2D eigenvalue weighted by Crippen LogP contribution is -2.14. The summed E-state index contributed by atoms with van der Waals surface area (Å²) < 4.78 is 14.4. The van der Waals surface area contributed by atoms with Crippen molar-refractivity contribution >= 4 is 50.9 Å². The molecule has 0 aliphatic heterocycles. The zero-order chi connectivity index (χ0) is 15.2. The molecular formula is C15H12BrClFNOS. The molecule has 0 saturated carbocycles. The molecule has 1 amide bonds. The normalized spacial score (nSPS) is 10.4. The van der Waals surface area contributed by atoms with Gasteiger partial charge in [0.05, 0.1) is 11.4 Å². The molecule has 1 N–H and O–H groups in total. The van der Waals surface area contributed by atoms with Gasteiger partial charge in [-0.25, -0.2) is 4.39 Å². The monoisotopic (exact) mass is 387 g/mol. The van der Waals surface area contributed by atoms with Gasteiger partial charge in [-0.2, -0.15) is 0 Å². The van der Waals surface area contributed by atoms with E-state index < -0.39 is 0 Å². The SMILES string of the molecule is O=C(CSCc1c(F)cccc1Cl)Nc1ccccc1Br. The van der Waals surface area contributed by atoms with Crippen LogP contribution >= 0.6 is 39.3 Å². The first-order valence-corrected chi connectivity index (χ1v) is 8.45. The van der Waals surface area contributed by atoms with Crippen LogP contribution < -0.4 is 5.32 Å². The van der Waals surface area contributed by atoms with Gasteiger partial charge in [0.25, 0.3) is 0 Å². The summed E-state index contributed by atoms with van der Waals surface area (Å²) in [6.45, 7) is 0. The number of hydrogen-bond acceptors (Lipinski definition) is 2. The summed E-state index contributed by atoms with van der Waals surface area (Å²) >= 11 is 10.6. The van der Waals surface area contributed by atoms with Crippen LogP contribution in [0.15, 0.2) is 46.9 Å². The minimum Gasteiger partial charge on any atom is -0.324 e. The summed E-state index contributed by atoms with van der Waals surface area (Å²) in [6.07, 6.45) is 0. The standard InChI is InChI=1S/C15H12BrClFNOS/c16-11-4-1-2-7-14(11)19-15(20)9-21-8-10-12(17)5-3-6-13(10)18/h1-7H,8-9H2,(H,19,20). The molecule has 0 heterocycles. The van der Waals surface area contributed by atoms with E-state index in [1.165, 1.54) is 17.8 Å². The van der Waals surface area contributed by atoms with Crippen molar-refractivity contribution in [3.63, 3.8) is 0 Å². The molecule has 0 spiro atoms. The summed E-state index contributed by atoms with van der Waals surface area (Å²) in [7, 11) is 0. The van der Waals surface area contributed by atoms with Crippen LogP contribution in [-0.2, 0) is 10.5 Å². The van der Waals surface area contributed by atoms with E-state index in [1.807, 2.05) is 18.2 Å². The molecule has 0 aromatic heterocycles. The number of amides is 1. The number of para-hydroxylation sites is 1. The minimum atomic E-state index is -0.346. The molecule has 6 heteroatoms. The van der Waals surface area contributed by atoms with Crippen LogP contribution in [0.1, 0.15) is 5.56 Å². The molecule has 21 heavy (non-hydrogen) atoms. The highest BCUT2D eigenvalue weighted by molar-refractivity contribution is 9.10. The Morgan fingerprint density at radius 1 is 1.24 bits per heavy atom. The van der Waals surface area contributed by atoms with Gasteiger partial charge in [0, 0.05) is 20.8 Å². The van der Waals surface area contributed by atoms with E-state index in [4.69, 9.17) is 11.6 Å². The van der Waals surface area contributed by atoms with Gasteiger partial charge in [-0.3, -0.25) is 4.79 Å². The molecule has 0 radical (unpaired) electrons. The van der Waals surface area contributed by atoms with Gasteiger partial charge in [0.15, 0.2) is 0 Å². The van der Waals surface area contributed by atoms with E-state index in [1.54, 1.807) is 18.2 Å². The van der Waals surface area contributed by atoms with Crippen LogP contribution in [0.25, 0.3) is 0 Å². The topological polar surface area (TPSA) is 29.1 Å². The van der Waals surface area contributed by atoms with Crippen LogP contribution in [0.2, 0.25) is 5.02 Å². The Labute approximate surface area is 140 Å². The second kappa shape index (κ2) is 7.82. The van der Waals surface area contributed by atoms with Gasteiger partial charge in [-0.15, -0.1) is 11.8 Å². The quantitative estimate of drug-likeness (QED) is 0.771. The lowest BCUT2D eigenvalue weighted by molar-refractivity contribution is -0.113. The fourth-order valence-electron chi connectivity index (χ4n) is 1.66. The Hall–Kier alpha value is -1.04. The largest absolute Gasteiger partial charge is 0.324 e. The van der Waals surface area contributed by atoms with Crippen molar-refractivity contribution in [2.24, 2.45) is 0 Å². The molecule has 0 aliphatic rings. The summed E-state index contributed by atoms with van der Waals surface area (Å²) in [5.74, 6) is 0.0986. The highest BCUT2D eigenvalue weighted by Gasteiger charge is 2.09. The summed E-state index contributed by atoms with van der Waals surface area (Å²) in [4.78, 5) is 11.8. The van der Waals surface area contributed by atoms with Crippen molar-refractivity contribution in [3.8, 4) is 0 Å². The van der Waals surface area contributed by atoms with Crippen LogP contribution in [-0.4, -0.2) is 11.7 Å². The zero-order valence-corrected chi connectivity index (χ0v) is 14.1. The fraction of sp³-hybridized carbons (Fsp3) is 0.133. The molecule has 2 nitrogen and oxygen atoms in total. The van der Waals surface area contributed by atoms with Gasteiger partial charge in [0.2, 0.25) is 5.91 Å². The maximum absolute atomic E-state index is 13.6. The first-order valence-electron chi connectivity index (χ1n) is 6.13. The lowest BCUT2D eigenvalue weighted by Gasteiger charge is -2.08. The molecule has 2 aromatic carbocycles. The Balaban J connectivity index is 1.86. The van der Waals surface area contributed by atoms with Crippen LogP contribution in [0.4, 0.5) is 10.1 Å². The summed E-state index contributed by atoms with van der Waals surface area (Å²) in [6, 6.07) is 11.9. The van der Waals surface area contributed by atoms with Gasteiger partial charge < -0.3 is 5.32 Å².